The summed E-state index contributed by atoms with van der Waals surface area (Å²) < 4.78 is 27.1. The largest absolute Gasteiger partial charge is 0.329 e. The Morgan fingerprint density at radius 3 is 2.62 bits per heavy atom. The number of hydrogen-bond donors (Lipinski definition) is 1. The molecule has 1 saturated heterocycles. The van der Waals surface area contributed by atoms with E-state index in [1.165, 1.54) is 0 Å². The smallest absolute Gasteiger partial charge is 0.214 e. The quantitative estimate of drug-likeness (QED) is 0.906. The lowest BCUT2D eigenvalue weighted by atomic mass is 9.94. The highest BCUT2D eigenvalue weighted by Crippen LogP contribution is 2.27. The predicted octanol–water partition coefficient (Wildman–Crippen LogP) is 2.18. The molecule has 4 nitrogen and oxygen atoms in total. The number of benzene rings is 1. The van der Waals surface area contributed by atoms with E-state index in [1.807, 2.05) is 37.3 Å². The molecule has 0 aromatic heterocycles. The Balaban J connectivity index is 2.10. The lowest BCUT2D eigenvalue weighted by Crippen LogP contribution is -2.50. The molecular formula is C16H26N2O2S. The second-order valence-corrected chi connectivity index (χ2v) is 8.19. The highest BCUT2D eigenvalue weighted by Gasteiger charge is 2.34. The van der Waals surface area contributed by atoms with Gasteiger partial charge in [-0.2, -0.15) is 4.31 Å². The van der Waals surface area contributed by atoms with Gasteiger partial charge in [0, 0.05) is 19.1 Å². The van der Waals surface area contributed by atoms with Crippen LogP contribution in [0.2, 0.25) is 0 Å². The summed E-state index contributed by atoms with van der Waals surface area (Å²) in [7, 11) is -3.26. The molecule has 5 heteroatoms. The van der Waals surface area contributed by atoms with Gasteiger partial charge in [0.1, 0.15) is 0 Å². The van der Waals surface area contributed by atoms with Crippen LogP contribution in [0.4, 0.5) is 0 Å². The van der Waals surface area contributed by atoms with Gasteiger partial charge in [0.15, 0.2) is 0 Å². The molecule has 2 rings (SSSR count). The molecule has 0 spiro atoms. The lowest BCUT2D eigenvalue weighted by Gasteiger charge is -2.37. The van der Waals surface area contributed by atoms with Crippen molar-refractivity contribution < 1.29 is 8.42 Å². The van der Waals surface area contributed by atoms with Gasteiger partial charge in [-0.15, -0.1) is 0 Å². The van der Waals surface area contributed by atoms with E-state index in [-0.39, 0.29) is 17.7 Å². The third-order valence-electron chi connectivity index (χ3n) is 4.38. The van der Waals surface area contributed by atoms with E-state index in [2.05, 4.69) is 6.92 Å². The van der Waals surface area contributed by atoms with E-state index in [9.17, 15) is 8.42 Å². The molecule has 3 atom stereocenters. The van der Waals surface area contributed by atoms with Crippen molar-refractivity contribution in [3.05, 3.63) is 35.9 Å². The van der Waals surface area contributed by atoms with Gasteiger partial charge in [-0.3, -0.25) is 0 Å². The molecule has 1 aromatic rings. The summed E-state index contributed by atoms with van der Waals surface area (Å²) in [5, 5.41) is 0. The highest BCUT2D eigenvalue weighted by atomic mass is 32.2. The average molecular weight is 310 g/mol. The fourth-order valence-corrected chi connectivity index (χ4v) is 5.13. The van der Waals surface area contributed by atoms with E-state index >= 15 is 0 Å². The number of nitrogens with zero attached hydrogens (tertiary/aromatic N) is 1. The minimum atomic E-state index is -3.26. The number of sulfonamides is 1. The fraction of sp³-hybridized carbons (Fsp3) is 0.625. The predicted molar refractivity (Wildman–Crippen MR) is 86.6 cm³/mol. The molecule has 1 fully saturated rings. The van der Waals surface area contributed by atoms with Crippen molar-refractivity contribution >= 4 is 10.0 Å². The molecule has 1 aromatic carbocycles. The fourth-order valence-electron chi connectivity index (χ4n) is 3.10. The molecule has 2 N–H and O–H groups in total. The van der Waals surface area contributed by atoms with Crippen molar-refractivity contribution in [3.63, 3.8) is 0 Å². The molecule has 0 aliphatic carbocycles. The van der Waals surface area contributed by atoms with Crippen molar-refractivity contribution in [2.75, 3.05) is 18.8 Å². The Morgan fingerprint density at radius 2 is 2.00 bits per heavy atom. The highest BCUT2D eigenvalue weighted by molar-refractivity contribution is 7.89. The third kappa shape index (κ3) is 4.05. The van der Waals surface area contributed by atoms with Crippen molar-refractivity contribution in [3.8, 4) is 0 Å². The average Bonchev–Trinajstić information content (AvgIpc) is 2.47. The van der Waals surface area contributed by atoms with Crippen LogP contribution in [0.25, 0.3) is 0 Å². The zero-order valence-corrected chi connectivity index (χ0v) is 13.7. The van der Waals surface area contributed by atoms with E-state index in [4.69, 9.17) is 5.73 Å². The van der Waals surface area contributed by atoms with Gasteiger partial charge >= 0.3 is 0 Å². The van der Waals surface area contributed by atoms with Crippen LogP contribution in [0.3, 0.4) is 0 Å². The molecule has 3 unspecified atom stereocenters. The summed E-state index contributed by atoms with van der Waals surface area (Å²) in [6.45, 7) is 5.15. The minimum absolute atomic E-state index is 0.00558. The molecule has 21 heavy (non-hydrogen) atoms. The molecule has 1 aliphatic heterocycles. The van der Waals surface area contributed by atoms with Gasteiger partial charge in [-0.1, -0.05) is 44.2 Å². The standard InChI is InChI=1S/C16H26N2O2S/c1-13-8-9-18(16(10-13)11-17)21(19,20)12-14(2)15-6-4-3-5-7-15/h3-7,13-14,16H,8-12,17H2,1-2H3. The Kier molecular flexibility index (Phi) is 5.41. The first-order chi connectivity index (χ1) is 9.94. The maximum Gasteiger partial charge on any atom is 0.214 e. The first kappa shape index (κ1) is 16.5. The minimum Gasteiger partial charge on any atom is -0.329 e. The van der Waals surface area contributed by atoms with E-state index in [0.717, 1.165) is 18.4 Å². The molecule has 1 heterocycles. The first-order valence-electron chi connectivity index (χ1n) is 7.68. The maximum atomic E-state index is 12.7. The number of nitrogens with two attached hydrogens (primary N) is 1. The summed E-state index contributed by atoms with van der Waals surface area (Å²) in [5.41, 5.74) is 6.85. The zero-order chi connectivity index (χ0) is 15.5. The second kappa shape index (κ2) is 6.90. The van der Waals surface area contributed by atoms with E-state index in [1.54, 1.807) is 4.31 Å². The maximum absolute atomic E-state index is 12.7. The van der Waals surface area contributed by atoms with Crippen molar-refractivity contribution in [2.24, 2.45) is 11.7 Å². The molecule has 1 aliphatic rings. The van der Waals surface area contributed by atoms with E-state index in [0.29, 0.717) is 19.0 Å². The Hall–Kier alpha value is -0.910. The van der Waals surface area contributed by atoms with Crippen LogP contribution in [-0.2, 0) is 10.0 Å². The van der Waals surface area contributed by atoms with Crippen LogP contribution in [0.5, 0.6) is 0 Å². The molecule has 0 bridgehead atoms. The molecule has 0 radical (unpaired) electrons. The molecule has 0 amide bonds. The van der Waals surface area contributed by atoms with Crippen LogP contribution in [0, 0.1) is 5.92 Å². The van der Waals surface area contributed by atoms with Crippen molar-refractivity contribution in [2.45, 2.75) is 38.6 Å². The monoisotopic (exact) mass is 310 g/mol. The summed E-state index contributed by atoms with van der Waals surface area (Å²) >= 11 is 0. The number of hydrogen-bond acceptors (Lipinski definition) is 3. The van der Waals surface area contributed by atoms with Crippen molar-refractivity contribution in [1.29, 1.82) is 0 Å². The van der Waals surface area contributed by atoms with E-state index < -0.39 is 10.0 Å². The second-order valence-electron chi connectivity index (χ2n) is 6.22. The molecule has 0 saturated carbocycles. The Morgan fingerprint density at radius 1 is 1.33 bits per heavy atom. The third-order valence-corrected chi connectivity index (χ3v) is 6.50. The summed E-state index contributed by atoms with van der Waals surface area (Å²) in [6.07, 6.45) is 1.80. The lowest BCUT2D eigenvalue weighted by molar-refractivity contribution is 0.211. The van der Waals surface area contributed by atoms with Gasteiger partial charge in [0.05, 0.1) is 5.75 Å². The summed E-state index contributed by atoms with van der Waals surface area (Å²) in [4.78, 5) is 0. The first-order valence-corrected chi connectivity index (χ1v) is 9.29. The molecular weight excluding hydrogens is 284 g/mol. The van der Waals surface area contributed by atoms with Crippen molar-refractivity contribution in [1.82, 2.24) is 4.31 Å². The van der Waals surface area contributed by atoms with Crippen LogP contribution in [0.15, 0.2) is 30.3 Å². The summed E-state index contributed by atoms with van der Waals surface area (Å²) in [6, 6.07) is 9.77. The van der Waals surface area contributed by atoms with Crippen LogP contribution in [-0.4, -0.2) is 37.6 Å². The van der Waals surface area contributed by atoms with Gasteiger partial charge in [0.2, 0.25) is 10.0 Å². The van der Waals surface area contributed by atoms with Crippen LogP contribution >= 0.6 is 0 Å². The van der Waals surface area contributed by atoms with Crippen LogP contribution in [0.1, 0.15) is 38.2 Å². The Labute approximate surface area is 128 Å². The van der Waals surface area contributed by atoms with Gasteiger partial charge in [-0.25, -0.2) is 8.42 Å². The summed E-state index contributed by atoms with van der Waals surface area (Å²) in [5.74, 6) is 0.701. The topological polar surface area (TPSA) is 63.4 Å². The number of rotatable bonds is 5. The Bertz CT molecular complexity index is 545. The van der Waals surface area contributed by atoms with Crippen LogP contribution < -0.4 is 5.73 Å². The van der Waals surface area contributed by atoms with Gasteiger partial charge < -0.3 is 5.73 Å². The van der Waals surface area contributed by atoms with Gasteiger partial charge in [-0.05, 0) is 30.2 Å². The van der Waals surface area contributed by atoms with Gasteiger partial charge in [0.25, 0.3) is 0 Å². The zero-order valence-electron chi connectivity index (χ0n) is 12.9. The number of piperidine rings is 1. The normalized spacial score (nSPS) is 25.7. The SMILES string of the molecule is CC1CCN(S(=O)(=O)CC(C)c2ccccc2)C(CN)C1. The molecule has 118 valence electrons.